The maximum Gasteiger partial charge on any atom is 0.342 e. The predicted molar refractivity (Wildman–Crippen MR) is 75.7 cm³/mol. The lowest BCUT2D eigenvalue weighted by molar-refractivity contribution is -0.384. The van der Waals surface area contributed by atoms with E-state index in [4.69, 9.17) is 4.74 Å². The van der Waals surface area contributed by atoms with Crippen LogP contribution >= 0.6 is 0 Å². The monoisotopic (exact) mass is 301 g/mol. The topological polar surface area (TPSA) is 107 Å². The fraction of sp³-hybridized carbons (Fsp3) is 0.0667. The Kier molecular flexibility index (Phi) is 4.47. The summed E-state index contributed by atoms with van der Waals surface area (Å²) in [6, 6.07) is 9.35. The molecule has 2 rings (SSSR count). The Morgan fingerprint density at radius 3 is 2.50 bits per heavy atom. The van der Waals surface area contributed by atoms with Crippen molar-refractivity contribution in [3.8, 4) is 5.75 Å². The van der Waals surface area contributed by atoms with Crippen LogP contribution in [-0.4, -0.2) is 22.3 Å². The minimum atomic E-state index is -0.792. The molecule has 2 aromatic carbocycles. The number of non-ortho nitro benzene ring substituents is 1. The number of carbonyl (C=O) groups excluding carboxylic acids is 2. The van der Waals surface area contributed by atoms with Gasteiger partial charge in [0.2, 0.25) is 0 Å². The maximum atomic E-state index is 11.9. The number of aromatic hydroxyl groups is 1. The van der Waals surface area contributed by atoms with Gasteiger partial charge in [0.25, 0.3) is 5.69 Å². The third-order valence-corrected chi connectivity index (χ3v) is 2.89. The molecular formula is C15H11NO6. The molecule has 0 aliphatic carbocycles. The number of nitro groups is 1. The highest BCUT2D eigenvalue weighted by molar-refractivity contribution is 5.94. The van der Waals surface area contributed by atoms with E-state index in [9.17, 15) is 24.8 Å². The van der Waals surface area contributed by atoms with E-state index < -0.39 is 10.9 Å². The number of nitrogens with zero attached hydrogens (tertiary/aromatic N) is 1. The molecule has 0 spiro atoms. The van der Waals surface area contributed by atoms with Gasteiger partial charge in [0.15, 0.2) is 0 Å². The van der Waals surface area contributed by atoms with E-state index in [-0.39, 0.29) is 29.2 Å². The molecule has 0 radical (unpaired) electrons. The number of nitro benzene ring substituents is 1. The predicted octanol–water partition coefficient (Wildman–Crippen LogP) is 2.47. The number of phenolic OH excluding ortho intramolecular Hbond substituents is 1. The first-order valence-corrected chi connectivity index (χ1v) is 6.20. The summed E-state index contributed by atoms with van der Waals surface area (Å²) < 4.78 is 5.01. The Bertz CT molecular complexity index is 723. The SMILES string of the molecule is O=Cc1ccc(O)c(C(=O)OCc2ccc([N+](=O)[O-])cc2)c1. The van der Waals surface area contributed by atoms with Gasteiger partial charge in [0.05, 0.1) is 4.92 Å². The lowest BCUT2D eigenvalue weighted by Crippen LogP contribution is -2.06. The van der Waals surface area contributed by atoms with E-state index in [0.717, 1.165) is 0 Å². The highest BCUT2D eigenvalue weighted by Crippen LogP contribution is 2.20. The van der Waals surface area contributed by atoms with Crippen molar-refractivity contribution in [3.05, 3.63) is 69.3 Å². The summed E-state index contributed by atoms with van der Waals surface area (Å²) in [6.07, 6.45) is 0.548. The van der Waals surface area contributed by atoms with E-state index in [0.29, 0.717) is 11.8 Å². The van der Waals surface area contributed by atoms with E-state index in [1.165, 1.54) is 42.5 Å². The second-order valence-electron chi connectivity index (χ2n) is 4.39. The van der Waals surface area contributed by atoms with Gasteiger partial charge in [-0.3, -0.25) is 14.9 Å². The molecule has 0 bridgehead atoms. The van der Waals surface area contributed by atoms with E-state index >= 15 is 0 Å². The van der Waals surface area contributed by atoms with Crippen LogP contribution in [0.2, 0.25) is 0 Å². The maximum absolute atomic E-state index is 11.9. The van der Waals surface area contributed by atoms with Crippen LogP contribution in [-0.2, 0) is 11.3 Å². The molecule has 0 amide bonds. The fourth-order valence-corrected chi connectivity index (χ4v) is 1.73. The number of hydrogen-bond donors (Lipinski definition) is 1. The van der Waals surface area contributed by atoms with Gasteiger partial charge in [-0.05, 0) is 35.9 Å². The van der Waals surface area contributed by atoms with Crippen molar-refractivity contribution in [3.63, 3.8) is 0 Å². The van der Waals surface area contributed by atoms with Gasteiger partial charge in [-0.25, -0.2) is 4.79 Å². The summed E-state index contributed by atoms with van der Waals surface area (Å²) in [6.45, 7) is -0.110. The minimum Gasteiger partial charge on any atom is -0.507 e. The Labute approximate surface area is 124 Å². The first-order chi connectivity index (χ1) is 10.5. The second-order valence-corrected chi connectivity index (χ2v) is 4.39. The highest BCUT2D eigenvalue weighted by Gasteiger charge is 2.14. The third-order valence-electron chi connectivity index (χ3n) is 2.89. The summed E-state index contributed by atoms with van der Waals surface area (Å²) in [4.78, 5) is 32.5. The summed E-state index contributed by atoms with van der Waals surface area (Å²) in [5, 5.41) is 20.1. The van der Waals surface area contributed by atoms with Gasteiger partial charge in [-0.1, -0.05) is 0 Å². The minimum absolute atomic E-state index is 0.0635. The summed E-state index contributed by atoms with van der Waals surface area (Å²) in [7, 11) is 0. The van der Waals surface area contributed by atoms with Crippen LogP contribution in [0.25, 0.3) is 0 Å². The number of aldehydes is 1. The third kappa shape index (κ3) is 3.45. The number of hydrogen-bond acceptors (Lipinski definition) is 6. The van der Waals surface area contributed by atoms with Gasteiger partial charge in [0, 0.05) is 17.7 Å². The molecule has 0 saturated heterocycles. The number of rotatable bonds is 5. The second kappa shape index (κ2) is 6.49. The molecule has 22 heavy (non-hydrogen) atoms. The normalized spacial score (nSPS) is 10.0. The number of carbonyl (C=O) groups is 2. The first-order valence-electron chi connectivity index (χ1n) is 6.20. The highest BCUT2D eigenvalue weighted by atomic mass is 16.6. The molecule has 0 saturated carbocycles. The van der Waals surface area contributed by atoms with Crippen LogP contribution in [0.5, 0.6) is 5.75 Å². The molecule has 2 aromatic rings. The Morgan fingerprint density at radius 1 is 1.23 bits per heavy atom. The molecule has 1 N–H and O–H groups in total. The zero-order valence-electron chi connectivity index (χ0n) is 11.3. The largest absolute Gasteiger partial charge is 0.507 e. The first kappa shape index (κ1) is 15.2. The Morgan fingerprint density at radius 2 is 1.91 bits per heavy atom. The van der Waals surface area contributed by atoms with Gasteiger partial charge in [-0.15, -0.1) is 0 Å². The van der Waals surface area contributed by atoms with E-state index in [2.05, 4.69) is 0 Å². The molecule has 0 heterocycles. The summed E-state index contributed by atoms with van der Waals surface area (Å²) >= 11 is 0. The standard InChI is InChI=1S/C15H11NO6/c17-8-11-3-6-14(18)13(7-11)15(19)22-9-10-1-4-12(5-2-10)16(20)21/h1-8,18H,9H2. The molecule has 7 heteroatoms. The number of phenols is 1. The van der Waals surface area contributed by atoms with E-state index in [1.54, 1.807) is 0 Å². The Balaban J connectivity index is 2.06. The summed E-state index contributed by atoms with van der Waals surface area (Å²) in [5.74, 6) is -1.08. The molecule has 0 atom stereocenters. The smallest absolute Gasteiger partial charge is 0.342 e. The van der Waals surface area contributed by atoms with Crippen LogP contribution < -0.4 is 0 Å². The molecule has 0 aliphatic heterocycles. The van der Waals surface area contributed by atoms with Crippen LogP contribution in [0.1, 0.15) is 26.3 Å². The van der Waals surface area contributed by atoms with Crippen molar-refractivity contribution in [2.75, 3.05) is 0 Å². The summed E-state index contributed by atoms with van der Waals surface area (Å²) in [5.41, 5.74) is 0.614. The van der Waals surface area contributed by atoms with Gasteiger partial charge >= 0.3 is 5.97 Å². The molecule has 0 aliphatic rings. The zero-order chi connectivity index (χ0) is 16.1. The molecule has 0 unspecified atom stereocenters. The van der Waals surface area contributed by atoms with Crippen molar-refractivity contribution in [2.24, 2.45) is 0 Å². The number of benzene rings is 2. The van der Waals surface area contributed by atoms with Crippen molar-refractivity contribution < 1.29 is 24.4 Å². The zero-order valence-corrected chi connectivity index (χ0v) is 11.3. The van der Waals surface area contributed by atoms with Crippen molar-refractivity contribution in [2.45, 2.75) is 6.61 Å². The number of esters is 1. The van der Waals surface area contributed by atoms with Crippen LogP contribution in [0.4, 0.5) is 5.69 Å². The van der Waals surface area contributed by atoms with Crippen LogP contribution in [0.3, 0.4) is 0 Å². The molecule has 112 valence electrons. The van der Waals surface area contributed by atoms with Gasteiger partial charge in [0.1, 0.15) is 24.2 Å². The average molecular weight is 301 g/mol. The molecule has 0 fully saturated rings. The fourth-order valence-electron chi connectivity index (χ4n) is 1.73. The van der Waals surface area contributed by atoms with Gasteiger partial charge < -0.3 is 9.84 Å². The quantitative estimate of drug-likeness (QED) is 0.393. The lowest BCUT2D eigenvalue weighted by Gasteiger charge is -2.07. The molecular weight excluding hydrogens is 290 g/mol. The lowest BCUT2D eigenvalue weighted by atomic mass is 10.1. The number of ether oxygens (including phenoxy) is 1. The van der Waals surface area contributed by atoms with Crippen molar-refractivity contribution in [1.82, 2.24) is 0 Å². The molecule has 7 nitrogen and oxygen atoms in total. The van der Waals surface area contributed by atoms with Gasteiger partial charge in [-0.2, -0.15) is 0 Å². The van der Waals surface area contributed by atoms with Crippen LogP contribution in [0, 0.1) is 10.1 Å². The molecule has 0 aromatic heterocycles. The van der Waals surface area contributed by atoms with Crippen molar-refractivity contribution in [1.29, 1.82) is 0 Å². The average Bonchev–Trinajstić information content (AvgIpc) is 2.53. The van der Waals surface area contributed by atoms with E-state index in [1.807, 2.05) is 0 Å². The van der Waals surface area contributed by atoms with Crippen LogP contribution in [0.15, 0.2) is 42.5 Å². The Hall–Kier alpha value is -3.22. The van der Waals surface area contributed by atoms with Crippen molar-refractivity contribution >= 4 is 17.9 Å².